The van der Waals surface area contributed by atoms with E-state index in [9.17, 15) is 9.59 Å². The number of ether oxygens (including phenoxy) is 1. The minimum Gasteiger partial charge on any atom is -0.497 e. The maximum Gasteiger partial charge on any atom is 0.227 e. The highest BCUT2D eigenvalue weighted by atomic mass is 16.5. The molecular weight excluding hydrogens is 354 g/mol. The number of rotatable bonds is 5. The lowest BCUT2D eigenvalue weighted by molar-refractivity contribution is -0.125. The number of hydrogen-bond donors (Lipinski definition) is 2. The first kappa shape index (κ1) is 19.4. The van der Waals surface area contributed by atoms with Crippen molar-refractivity contribution in [3.05, 3.63) is 54.1 Å². The first-order valence-corrected chi connectivity index (χ1v) is 9.35. The summed E-state index contributed by atoms with van der Waals surface area (Å²) in [6, 6.07) is 16.2. The van der Waals surface area contributed by atoms with Gasteiger partial charge in [-0.3, -0.25) is 9.59 Å². The Morgan fingerprint density at radius 1 is 0.929 bits per heavy atom. The Kier molecular flexibility index (Phi) is 6.28. The molecule has 1 aliphatic rings. The van der Waals surface area contributed by atoms with Gasteiger partial charge in [0.15, 0.2) is 0 Å². The fourth-order valence-corrected chi connectivity index (χ4v) is 3.47. The van der Waals surface area contributed by atoms with Crippen LogP contribution in [0.5, 0.6) is 5.75 Å². The minimum atomic E-state index is -0.119. The van der Waals surface area contributed by atoms with Gasteiger partial charge in [-0.2, -0.15) is 5.26 Å². The van der Waals surface area contributed by atoms with E-state index in [2.05, 4.69) is 16.7 Å². The summed E-state index contributed by atoms with van der Waals surface area (Å²) in [7, 11) is 1.59. The Morgan fingerprint density at radius 2 is 1.46 bits per heavy atom. The normalized spacial score (nSPS) is 18.6. The Hall–Kier alpha value is -3.33. The number of nitriles is 1. The molecule has 0 saturated heterocycles. The zero-order chi connectivity index (χ0) is 19.9. The molecule has 2 N–H and O–H groups in total. The molecule has 2 aromatic carbocycles. The number of anilines is 2. The number of benzene rings is 2. The standard InChI is InChI=1S/C22H23N3O3/c1-28-20-7-3-6-19(13-20)25-22(27)17-10-8-16(9-11-17)21(26)24-18-5-2-4-15(12-18)14-23/h2-7,12-13,16-17H,8-11H2,1H3,(H,24,26)(H,25,27). The van der Waals surface area contributed by atoms with E-state index in [-0.39, 0.29) is 23.7 Å². The number of hydrogen-bond acceptors (Lipinski definition) is 4. The van der Waals surface area contributed by atoms with E-state index in [0.29, 0.717) is 48.4 Å². The zero-order valence-corrected chi connectivity index (χ0v) is 15.8. The highest BCUT2D eigenvalue weighted by molar-refractivity contribution is 5.94. The molecule has 6 nitrogen and oxygen atoms in total. The summed E-state index contributed by atoms with van der Waals surface area (Å²) in [5.41, 5.74) is 1.85. The van der Waals surface area contributed by atoms with Crippen LogP contribution in [0.3, 0.4) is 0 Å². The molecule has 2 amide bonds. The molecule has 0 radical (unpaired) electrons. The first-order chi connectivity index (χ1) is 13.6. The number of amides is 2. The van der Waals surface area contributed by atoms with Crippen LogP contribution in [-0.4, -0.2) is 18.9 Å². The van der Waals surface area contributed by atoms with Gasteiger partial charge in [-0.15, -0.1) is 0 Å². The van der Waals surface area contributed by atoms with Crippen molar-refractivity contribution in [1.29, 1.82) is 5.26 Å². The minimum absolute atomic E-state index is 0.0196. The summed E-state index contributed by atoms with van der Waals surface area (Å²) in [6.45, 7) is 0. The third-order valence-electron chi connectivity index (χ3n) is 5.07. The second-order valence-corrected chi connectivity index (χ2v) is 6.95. The zero-order valence-electron chi connectivity index (χ0n) is 15.8. The summed E-state index contributed by atoms with van der Waals surface area (Å²) in [4.78, 5) is 25.0. The van der Waals surface area contributed by atoms with Crippen LogP contribution in [0, 0.1) is 23.2 Å². The molecule has 1 saturated carbocycles. The molecule has 0 aliphatic heterocycles. The topological polar surface area (TPSA) is 91.2 Å². The van der Waals surface area contributed by atoms with Crippen molar-refractivity contribution in [2.24, 2.45) is 11.8 Å². The molecule has 0 spiro atoms. The summed E-state index contributed by atoms with van der Waals surface area (Å²) < 4.78 is 5.17. The summed E-state index contributed by atoms with van der Waals surface area (Å²) in [5, 5.41) is 14.8. The van der Waals surface area contributed by atoms with Gasteiger partial charge in [0.25, 0.3) is 0 Å². The van der Waals surface area contributed by atoms with Gasteiger partial charge in [-0.1, -0.05) is 12.1 Å². The van der Waals surface area contributed by atoms with Gasteiger partial charge in [0, 0.05) is 29.3 Å². The monoisotopic (exact) mass is 377 g/mol. The number of carbonyl (C=O) groups is 2. The third-order valence-corrected chi connectivity index (χ3v) is 5.07. The fourth-order valence-electron chi connectivity index (χ4n) is 3.47. The van der Waals surface area contributed by atoms with Crippen LogP contribution in [0.2, 0.25) is 0 Å². The molecule has 0 atom stereocenters. The lowest BCUT2D eigenvalue weighted by Gasteiger charge is -2.27. The Morgan fingerprint density at radius 3 is 2.00 bits per heavy atom. The Balaban J connectivity index is 1.51. The molecule has 2 aromatic rings. The van der Waals surface area contributed by atoms with Gasteiger partial charge < -0.3 is 15.4 Å². The van der Waals surface area contributed by atoms with E-state index in [1.54, 1.807) is 37.4 Å². The van der Waals surface area contributed by atoms with E-state index in [1.165, 1.54) is 0 Å². The quantitative estimate of drug-likeness (QED) is 0.825. The molecular formula is C22H23N3O3. The molecule has 0 unspecified atom stereocenters. The van der Waals surface area contributed by atoms with Crippen LogP contribution < -0.4 is 15.4 Å². The number of nitrogens with zero attached hydrogens (tertiary/aromatic N) is 1. The fraction of sp³-hybridized carbons (Fsp3) is 0.318. The van der Waals surface area contributed by atoms with Gasteiger partial charge >= 0.3 is 0 Å². The van der Waals surface area contributed by atoms with Gasteiger partial charge in [-0.05, 0) is 56.0 Å². The molecule has 0 heterocycles. The summed E-state index contributed by atoms with van der Waals surface area (Å²) in [5.74, 6) is 0.401. The predicted molar refractivity (Wildman–Crippen MR) is 107 cm³/mol. The highest BCUT2D eigenvalue weighted by Crippen LogP contribution is 2.31. The largest absolute Gasteiger partial charge is 0.497 e. The van der Waals surface area contributed by atoms with Crippen LogP contribution in [0.25, 0.3) is 0 Å². The van der Waals surface area contributed by atoms with E-state index in [1.807, 2.05) is 18.2 Å². The van der Waals surface area contributed by atoms with Crippen LogP contribution in [0.4, 0.5) is 11.4 Å². The molecule has 3 rings (SSSR count). The van der Waals surface area contributed by atoms with Crippen LogP contribution in [-0.2, 0) is 9.59 Å². The van der Waals surface area contributed by atoms with Gasteiger partial charge in [0.1, 0.15) is 5.75 Å². The maximum absolute atomic E-state index is 12.5. The lowest BCUT2D eigenvalue weighted by Crippen LogP contribution is -2.32. The molecule has 6 heteroatoms. The Bertz CT molecular complexity index is 896. The van der Waals surface area contributed by atoms with Gasteiger partial charge in [0.2, 0.25) is 11.8 Å². The highest BCUT2D eigenvalue weighted by Gasteiger charge is 2.30. The second-order valence-electron chi connectivity index (χ2n) is 6.95. The first-order valence-electron chi connectivity index (χ1n) is 9.35. The third kappa shape index (κ3) is 4.89. The van der Waals surface area contributed by atoms with Crippen LogP contribution in [0.15, 0.2) is 48.5 Å². The van der Waals surface area contributed by atoms with Crippen molar-refractivity contribution in [3.63, 3.8) is 0 Å². The number of carbonyl (C=O) groups excluding carboxylic acids is 2. The molecule has 144 valence electrons. The van der Waals surface area contributed by atoms with Crippen molar-refractivity contribution in [2.45, 2.75) is 25.7 Å². The van der Waals surface area contributed by atoms with Gasteiger partial charge in [-0.25, -0.2) is 0 Å². The van der Waals surface area contributed by atoms with E-state index in [0.717, 1.165) is 0 Å². The summed E-state index contributed by atoms with van der Waals surface area (Å²) >= 11 is 0. The lowest BCUT2D eigenvalue weighted by atomic mass is 9.81. The average molecular weight is 377 g/mol. The smallest absolute Gasteiger partial charge is 0.227 e. The van der Waals surface area contributed by atoms with Crippen molar-refractivity contribution >= 4 is 23.2 Å². The average Bonchev–Trinajstić information content (AvgIpc) is 2.74. The van der Waals surface area contributed by atoms with Crippen molar-refractivity contribution in [2.75, 3.05) is 17.7 Å². The van der Waals surface area contributed by atoms with Crippen molar-refractivity contribution in [1.82, 2.24) is 0 Å². The predicted octanol–water partition coefficient (Wildman–Crippen LogP) is 3.95. The SMILES string of the molecule is COc1cccc(NC(=O)C2CCC(C(=O)Nc3cccc(C#N)c3)CC2)c1. The molecule has 1 aliphatic carbocycles. The second kappa shape index (κ2) is 9.05. The van der Waals surface area contributed by atoms with E-state index >= 15 is 0 Å². The van der Waals surface area contributed by atoms with E-state index in [4.69, 9.17) is 10.00 Å². The van der Waals surface area contributed by atoms with Crippen LogP contribution >= 0.6 is 0 Å². The maximum atomic E-state index is 12.5. The molecule has 28 heavy (non-hydrogen) atoms. The molecule has 1 fully saturated rings. The van der Waals surface area contributed by atoms with E-state index < -0.39 is 0 Å². The molecule has 0 aromatic heterocycles. The van der Waals surface area contributed by atoms with Crippen molar-refractivity contribution < 1.29 is 14.3 Å². The van der Waals surface area contributed by atoms with Crippen LogP contribution in [0.1, 0.15) is 31.2 Å². The molecule has 0 bridgehead atoms. The number of methoxy groups -OCH3 is 1. The number of nitrogens with one attached hydrogen (secondary N) is 2. The Labute approximate surface area is 164 Å². The van der Waals surface area contributed by atoms with Crippen molar-refractivity contribution in [3.8, 4) is 11.8 Å². The van der Waals surface area contributed by atoms with Gasteiger partial charge in [0.05, 0.1) is 18.7 Å². The summed E-state index contributed by atoms with van der Waals surface area (Å²) in [6.07, 6.45) is 2.68.